The summed E-state index contributed by atoms with van der Waals surface area (Å²) in [4.78, 5) is 21.6. The Kier molecular flexibility index (Phi) is 8.09. The molecule has 0 unspecified atom stereocenters. The number of phosphoric acid groups is 1. The molecule has 0 aromatic carbocycles. The minimum absolute atomic E-state index is 1.25. The summed E-state index contributed by atoms with van der Waals surface area (Å²) in [6.07, 6.45) is 0. The van der Waals surface area contributed by atoms with Crippen molar-refractivity contribution in [3.05, 3.63) is 0 Å². The van der Waals surface area contributed by atoms with E-state index in [4.69, 9.17) is 27.6 Å². The molecule has 0 amide bonds. The van der Waals surface area contributed by atoms with Crippen LogP contribution in [0.2, 0.25) is 0 Å². The third-order valence-corrected chi connectivity index (χ3v) is 0. The molecule has 49 valence electrons. The quantitative estimate of drug-likeness (QED) is 0.198. The maximum atomic E-state index is 8.88. The SMILES string of the molecule is O=P(O)(O)O.[OH][Al][OH]. The van der Waals surface area contributed by atoms with E-state index >= 15 is 0 Å². The molecule has 5 N–H and O–H groups in total. The first-order valence-electron chi connectivity index (χ1n) is 1.30. The van der Waals surface area contributed by atoms with Crippen LogP contribution >= 0.6 is 7.82 Å². The highest BCUT2D eigenvalue weighted by atomic mass is 31.2. The molecule has 0 saturated heterocycles. The van der Waals surface area contributed by atoms with Gasteiger partial charge in [-0.3, -0.25) is 0 Å². The zero-order valence-electron chi connectivity index (χ0n) is 3.67. The monoisotopic (exact) mass is 159 g/mol. The van der Waals surface area contributed by atoms with Crippen LogP contribution in [0.25, 0.3) is 0 Å². The summed E-state index contributed by atoms with van der Waals surface area (Å²) < 4.78 is 23.3. The minimum atomic E-state index is -4.64. The van der Waals surface area contributed by atoms with Gasteiger partial charge in [0.25, 0.3) is 0 Å². The molecule has 6 nitrogen and oxygen atoms in total. The Bertz CT molecular complexity index is 64.3. The first kappa shape index (κ1) is 11.4. The summed E-state index contributed by atoms with van der Waals surface area (Å²) in [5, 5.41) is 0. The van der Waals surface area contributed by atoms with Crippen molar-refractivity contribution >= 4 is 23.7 Å². The molecule has 0 aliphatic rings. The van der Waals surface area contributed by atoms with E-state index in [1.165, 1.54) is 0 Å². The van der Waals surface area contributed by atoms with Gasteiger partial charge in [0.1, 0.15) is 0 Å². The second-order valence-electron chi connectivity index (χ2n) is 0.629. The molecule has 0 aromatic rings. The predicted octanol–water partition coefficient (Wildman–Crippen LogP) is -2.42. The molecule has 0 heterocycles. The van der Waals surface area contributed by atoms with Crippen molar-refractivity contribution in [1.82, 2.24) is 0 Å². The number of hydrogen-bond donors (Lipinski definition) is 5. The van der Waals surface area contributed by atoms with Gasteiger partial charge in [0.05, 0.1) is 0 Å². The molecule has 0 rings (SSSR count). The molecular formula is H5AlO6P. The van der Waals surface area contributed by atoms with Crippen molar-refractivity contribution in [2.45, 2.75) is 0 Å². The van der Waals surface area contributed by atoms with E-state index in [2.05, 4.69) is 0 Å². The summed E-state index contributed by atoms with van der Waals surface area (Å²) >= 11 is -1.25. The van der Waals surface area contributed by atoms with Gasteiger partial charge in [0.2, 0.25) is 0 Å². The van der Waals surface area contributed by atoms with Crippen LogP contribution in [-0.4, -0.2) is 38.9 Å². The number of rotatable bonds is 0. The fourth-order valence-electron chi connectivity index (χ4n) is 0. The van der Waals surface area contributed by atoms with Gasteiger partial charge in [-0.05, 0) is 0 Å². The lowest BCUT2D eigenvalue weighted by molar-refractivity contribution is 0.275. The molecule has 0 atom stereocenters. The van der Waals surface area contributed by atoms with Gasteiger partial charge >= 0.3 is 23.7 Å². The standard InChI is InChI=1S/Al.H3O4P.2H2O/c;1-5(2,3)4;;/h;(H3,1,2,3,4);2*1H2/q+2;;;/p-2. The van der Waals surface area contributed by atoms with Gasteiger partial charge in [0, 0.05) is 0 Å². The van der Waals surface area contributed by atoms with E-state index in [-0.39, 0.29) is 0 Å². The maximum absolute atomic E-state index is 8.88. The molecule has 8 heteroatoms. The third kappa shape index (κ3) is 642. The lowest BCUT2D eigenvalue weighted by Gasteiger charge is -1.82. The summed E-state index contributed by atoms with van der Waals surface area (Å²) in [5.74, 6) is 0. The van der Waals surface area contributed by atoms with Gasteiger partial charge in [-0.2, -0.15) is 0 Å². The highest BCUT2D eigenvalue weighted by molar-refractivity contribution is 7.45. The molecule has 0 aliphatic heterocycles. The molecule has 0 fully saturated rings. The molecule has 0 saturated carbocycles. The molecule has 0 aliphatic carbocycles. The zero-order valence-corrected chi connectivity index (χ0v) is 5.72. The first-order valence-corrected chi connectivity index (χ1v) is 3.90. The first-order chi connectivity index (χ1) is 3.41. The van der Waals surface area contributed by atoms with E-state index in [1.54, 1.807) is 0 Å². The van der Waals surface area contributed by atoms with Crippen LogP contribution in [-0.2, 0) is 4.57 Å². The Morgan fingerprint density at radius 3 is 1.12 bits per heavy atom. The van der Waals surface area contributed by atoms with Crippen molar-refractivity contribution in [2.75, 3.05) is 0 Å². The second-order valence-corrected chi connectivity index (χ2v) is 1.89. The predicted molar refractivity (Wildman–Crippen MR) is 24.5 cm³/mol. The highest BCUT2D eigenvalue weighted by Crippen LogP contribution is 2.25. The maximum Gasteiger partial charge on any atom is 0.662 e. The van der Waals surface area contributed by atoms with Crippen LogP contribution in [0.15, 0.2) is 0 Å². The summed E-state index contributed by atoms with van der Waals surface area (Å²) in [6, 6.07) is 0. The lowest BCUT2D eigenvalue weighted by Crippen LogP contribution is -1.75. The van der Waals surface area contributed by atoms with Crippen molar-refractivity contribution in [1.29, 1.82) is 0 Å². The van der Waals surface area contributed by atoms with Crippen molar-refractivity contribution in [3.8, 4) is 0 Å². The topological polar surface area (TPSA) is 118 Å². The van der Waals surface area contributed by atoms with E-state index < -0.39 is 23.7 Å². The van der Waals surface area contributed by atoms with Gasteiger partial charge in [-0.15, -0.1) is 0 Å². The van der Waals surface area contributed by atoms with E-state index in [1.807, 2.05) is 0 Å². The molecular weight excluding hydrogens is 154 g/mol. The molecule has 0 spiro atoms. The minimum Gasteiger partial charge on any atom is -0.499 e. The Balaban J connectivity index is 0. The van der Waals surface area contributed by atoms with Crippen LogP contribution < -0.4 is 0 Å². The van der Waals surface area contributed by atoms with Gasteiger partial charge < -0.3 is 23.0 Å². The average molecular weight is 159 g/mol. The summed E-state index contributed by atoms with van der Waals surface area (Å²) in [6.45, 7) is 0. The Morgan fingerprint density at radius 2 is 1.12 bits per heavy atom. The van der Waals surface area contributed by atoms with Gasteiger partial charge in [-0.1, -0.05) is 0 Å². The van der Waals surface area contributed by atoms with Crippen molar-refractivity contribution in [3.63, 3.8) is 0 Å². The second kappa shape index (κ2) is 5.69. The fraction of sp³-hybridized carbons (Fsp3) is 0. The lowest BCUT2D eigenvalue weighted by atomic mass is 15.8. The summed E-state index contributed by atoms with van der Waals surface area (Å²) in [7, 11) is -4.64. The largest absolute Gasteiger partial charge is 0.662 e. The van der Waals surface area contributed by atoms with Crippen LogP contribution in [0.1, 0.15) is 0 Å². The van der Waals surface area contributed by atoms with Crippen molar-refractivity contribution in [2.24, 2.45) is 0 Å². The van der Waals surface area contributed by atoms with Crippen molar-refractivity contribution < 1.29 is 27.6 Å². The Morgan fingerprint density at radius 1 is 1.12 bits per heavy atom. The molecule has 1 radical (unpaired) electrons. The Labute approximate surface area is 52.0 Å². The van der Waals surface area contributed by atoms with E-state index in [0.717, 1.165) is 0 Å². The van der Waals surface area contributed by atoms with Crippen LogP contribution in [0.5, 0.6) is 0 Å². The van der Waals surface area contributed by atoms with Gasteiger partial charge in [0.15, 0.2) is 0 Å². The molecule has 8 heavy (non-hydrogen) atoms. The van der Waals surface area contributed by atoms with Crippen LogP contribution in [0.4, 0.5) is 0 Å². The fourth-order valence-corrected chi connectivity index (χ4v) is 0. The summed E-state index contributed by atoms with van der Waals surface area (Å²) in [5.41, 5.74) is 0. The zero-order chi connectivity index (χ0) is 7.21. The van der Waals surface area contributed by atoms with E-state index in [0.29, 0.717) is 0 Å². The number of hydrogen-bond acceptors (Lipinski definition) is 3. The Hall–Kier alpha value is 0.562. The third-order valence-electron chi connectivity index (χ3n) is 0. The van der Waals surface area contributed by atoms with Crippen LogP contribution in [0.3, 0.4) is 0 Å². The smallest absolute Gasteiger partial charge is 0.499 e. The van der Waals surface area contributed by atoms with E-state index in [9.17, 15) is 0 Å². The normalized spacial score (nSPS) is 9.12. The average Bonchev–Trinajstić information content (AvgIpc) is 1.27. The van der Waals surface area contributed by atoms with Gasteiger partial charge in [-0.25, -0.2) is 4.57 Å². The highest BCUT2D eigenvalue weighted by Gasteiger charge is 2.00. The molecule has 0 bridgehead atoms. The molecule has 0 aromatic heterocycles. The van der Waals surface area contributed by atoms with Crippen LogP contribution in [0, 0.1) is 0 Å².